The molecule has 1 heterocycles. The highest BCUT2D eigenvalue weighted by molar-refractivity contribution is 7.99. The van der Waals surface area contributed by atoms with Crippen molar-refractivity contribution in [1.82, 2.24) is 0 Å². The van der Waals surface area contributed by atoms with Crippen LogP contribution >= 0.6 is 11.8 Å². The second-order valence-electron chi connectivity index (χ2n) is 6.22. The van der Waals surface area contributed by atoms with Gasteiger partial charge in [-0.05, 0) is 45.0 Å². The van der Waals surface area contributed by atoms with E-state index in [2.05, 4.69) is 0 Å². The molecule has 1 aliphatic rings. The summed E-state index contributed by atoms with van der Waals surface area (Å²) in [7, 11) is 1.61. The first kappa shape index (κ1) is 15.7. The van der Waals surface area contributed by atoms with Crippen LogP contribution < -0.4 is 9.64 Å². The van der Waals surface area contributed by atoms with Crippen LogP contribution in [0.5, 0.6) is 5.75 Å². The third-order valence-corrected chi connectivity index (χ3v) is 4.44. The average molecular weight is 329 g/mol. The molecule has 0 fully saturated rings. The molecule has 23 heavy (non-hydrogen) atoms. The number of anilines is 2. The number of nitrogens with zero attached hydrogens (tertiary/aromatic N) is 1. The van der Waals surface area contributed by atoms with Gasteiger partial charge in [0.1, 0.15) is 11.4 Å². The Hall–Kier alpha value is -2.14. The second kappa shape index (κ2) is 5.81. The number of rotatable bonds is 1. The van der Waals surface area contributed by atoms with E-state index in [1.54, 1.807) is 23.8 Å². The summed E-state index contributed by atoms with van der Waals surface area (Å²) < 4.78 is 10.9. The Labute approximate surface area is 140 Å². The van der Waals surface area contributed by atoms with Crippen molar-refractivity contribution in [1.29, 1.82) is 0 Å². The smallest absolute Gasteiger partial charge is 0.419 e. The van der Waals surface area contributed by atoms with E-state index in [4.69, 9.17) is 9.47 Å². The second-order valence-corrected chi connectivity index (χ2v) is 7.30. The van der Waals surface area contributed by atoms with Crippen molar-refractivity contribution < 1.29 is 14.3 Å². The molecule has 0 unspecified atom stereocenters. The number of hydrogen-bond donors (Lipinski definition) is 0. The Morgan fingerprint density at radius 2 is 1.74 bits per heavy atom. The topological polar surface area (TPSA) is 38.8 Å². The van der Waals surface area contributed by atoms with Gasteiger partial charge in [-0.3, -0.25) is 0 Å². The Morgan fingerprint density at radius 1 is 1.04 bits per heavy atom. The maximum atomic E-state index is 12.8. The number of amides is 1. The van der Waals surface area contributed by atoms with Crippen molar-refractivity contribution >= 4 is 29.2 Å². The van der Waals surface area contributed by atoms with Crippen LogP contribution in [0.25, 0.3) is 0 Å². The Kier molecular flexibility index (Phi) is 3.98. The summed E-state index contributed by atoms with van der Waals surface area (Å²) >= 11 is 1.64. The molecule has 4 nitrogen and oxygen atoms in total. The van der Waals surface area contributed by atoms with Crippen molar-refractivity contribution in [3.63, 3.8) is 0 Å². The van der Waals surface area contributed by atoms with E-state index in [1.165, 1.54) is 0 Å². The predicted molar refractivity (Wildman–Crippen MR) is 91.9 cm³/mol. The molecule has 0 N–H and O–H groups in total. The minimum Gasteiger partial charge on any atom is -0.497 e. The van der Waals surface area contributed by atoms with Crippen LogP contribution in [0, 0.1) is 0 Å². The Bertz CT molecular complexity index is 752. The number of carbonyl (C=O) groups is 1. The van der Waals surface area contributed by atoms with Gasteiger partial charge in [-0.2, -0.15) is 0 Å². The third kappa shape index (κ3) is 3.15. The first-order chi connectivity index (χ1) is 10.9. The zero-order valence-corrected chi connectivity index (χ0v) is 14.4. The van der Waals surface area contributed by atoms with Crippen LogP contribution in [0.4, 0.5) is 16.2 Å². The van der Waals surface area contributed by atoms with Crippen LogP contribution in [0.1, 0.15) is 20.8 Å². The molecule has 0 spiro atoms. The number of methoxy groups -OCH3 is 1. The molecule has 0 saturated carbocycles. The normalized spacial score (nSPS) is 13.1. The van der Waals surface area contributed by atoms with E-state index >= 15 is 0 Å². The van der Waals surface area contributed by atoms with Gasteiger partial charge >= 0.3 is 6.09 Å². The molecular weight excluding hydrogens is 310 g/mol. The van der Waals surface area contributed by atoms with Crippen molar-refractivity contribution in [2.45, 2.75) is 36.2 Å². The zero-order chi connectivity index (χ0) is 16.6. The van der Waals surface area contributed by atoms with Crippen molar-refractivity contribution in [3.8, 4) is 5.75 Å². The lowest BCUT2D eigenvalue weighted by molar-refractivity contribution is 0.0597. The molecular formula is C18H19NO3S. The Morgan fingerprint density at radius 3 is 2.43 bits per heavy atom. The molecule has 0 atom stereocenters. The van der Waals surface area contributed by atoms with E-state index in [1.807, 2.05) is 63.2 Å². The summed E-state index contributed by atoms with van der Waals surface area (Å²) in [4.78, 5) is 16.4. The van der Waals surface area contributed by atoms with E-state index in [-0.39, 0.29) is 6.09 Å². The largest absolute Gasteiger partial charge is 0.497 e. The number of ether oxygens (including phenoxy) is 2. The fourth-order valence-electron chi connectivity index (χ4n) is 2.37. The molecule has 5 heteroatoms. The van der Waals surface area contributed by atoms with Crippen molar-refractivity contribution in [2.75, 3.05) is 12.0 Å². The lowest BCUT2D eigenvalue weighted by atomic mass is 10.2. The van der Waals surface area contributed by atoms with Crippen LogP contribution in [0.15, 0.2) is 52.3 Å². The van der Waals surface area contributed by atoms with E-state index in [0.29, 0.717) is 5.75 Å². The minimum atomic E-state index is -0.560. The number of hydrogen-bond acceptors (Lipinski definition) is 4. The van der Waals surface area contributed by atoms with Crippen LogP contribution in [0.2, 0.25) is 0 Å². The molecule has 120 valence electrons. The molecule has 1 amide bonds. The number of fused-ring (bicyclic) bond motifs is 2. The molecule has 2 aromatic rings. The van der Waals surface area contributed by atoms with Crippen molar-refractivity contribution in [3.05, 3.63) is 42.5 Å². The van der Waals surface area contributed by atoms with Crippen molar-refractivity contribution in [2.24, 2.45) is 0 Å². The molecule has 0 bridgehead atoms. The molecule has 1 aliphatic heterocycles. The maximum absolute atomic E-state index is 12.8. The summed E-state index contributed by atoms with van der Waals surface area (Å²) in [6, 6.07) is 13.5. The van der Waals surface area contributed by atoms with Gasteiger partial charge in [-0.1, -0.05) is 23.9 Å². The monoisotopic (exact) mass is 329 g/mol. The molecule has 0 aromatic heterocycles. The van der Waals surface area contributed by atoms with Gasteiger partial charge in [0.15, 0.2) is 0 Å². The zero-order valence-electron chi connectivity index (χ0n) is 13.6. The molecule has 3 rings (SSSR count). The quantitative estimate of drug-likeness (QED) is 0.718. The van der Waals surface area contributed by atoms with Crippen LogP contribution in [-0.4, -0.2) is 18.8 Å². The lowest BCUT2D eigenvalue weighted by Crippen LogP contribution is -2.35. The molecule has 2 aromatic carbocycles. The highest BCUT2D eigenvalue weighted by Crippen LogP contribution is 2.49. The van der Waals surface area contributed by atoms with E-state index in [0.717, 1.165) is 21.2 Å². The first-order valence-electron chi connectivity index (χ1n) is 7.37. The Balaban J connectivity index is 2.11. The first-order valence-corrected chi connectivity index (χ1v) is 8.19. The van der Waals surface area contributed by atoms with Gasteiger partial charge in [0.2, 0.25) is 0 Å². The summed E-state index contributed by atoms with van der Waals surface area (Å²) in [5.41, 5.74) is 1.05. The summed E-state index contributed by atoms with van der Waals surface area (Å²) in [5.74, 6) is 0.706. The highest BCUT2D eigenvalue weighted by atomic mass is 32.2. The summed E-state index contributed by atoms with van der Waals surface area (Å²) in [6.45, 7) is 5.59. The lowest BCUT2D eigenvalue weighted by Gasteiger charge is -2.32. The standard InChI is InChI=1S/C18H19NO3S/c1-18(2,3)22-17(20)19-13-7-5-6-8-15(13)23-16-10-9-12(21-4)11-14(16)19/h5-11H,1-4H3. The summed E-state index contributed by atoms with van der Waals surface area (Å²) in [6.07, 6.45) is -0.389. The number of carbonyl (C=O) groups excluding carboxylic acids is 1. The van der Waals surface area contributed by atoms with Crippen LogP contribution in [0.3, 0.4) is 0 Å². The fraction of sp³-hybridized carbons (Fsp3) is 0.278. The van der Waals surface area contributed by atoms with E-state index < -0.39 is 5.60 Å². The molecule has 0 aliphatic carbocycles. The van der Waals surface area contributed by atoms with Gasteiger partial charge < -0.3 is 9.47 Å². The van der Waals surface area contributed by atoms with Gasteiger partial charge in [0, 0.05) is 15.9 Å². The average Bonchev–Trinajstić information content (AvgIpc) is 2.50. The third-order valence-electron chi connectivity index (χ3n) is 3.31. The highest BCUT2D eigenvalue weighted by Gasteiger charge is 2.31. The van der Waals surface area contributed by atoms with Gasteiger partial charge in [-0.15, -0.1) is 0 Å². The minimum absolute atomic E-state index is 0.389. The number of benzene rings is 2. The molecule has 0 radical (unpaired) electrons. The maximum Gasteiger partial charge on any atom is 0.419 e. The van der Waals surface area contributed by atoms with Gasteiger partial charge in [0.05, 0.1) is 18.5 Å². The predicted octanol–water partition coefficient (Wildman–Crippen LogP) is 5.23. The SMILES string of the molecule is COc1ccc2c(c1)N(C(=O)OC(C)(C)C)c1ccccc1S2. The van der Waals surface area contributed by atoms with Gasteiger partial charge in [-0.25, -0.2) is 9.69 Å². The summed E-state index contributed by atoms with van der Waals surface area (Å²) in [5, 5.41) is 0. The fourth-order valence-corrected chi connectivity index (χ4v) is 3.40. The van der Waals surface area contributed by atoms with Crippen LogP contribution in [-0.2, 0) is 4.74 Å². The van der Waals surface area contributed by atoms with E-state index in [9.17, 15) is 4.79 Å². The number of para-hydroxylation sites is 1. The molecule has 0 saturated heterocycles. The van der Waals surface area contributed by atoms with Gasteiger partial charge in [0.25, 0.3) is 0 Å².